The first-order valence-electron chi connectivity index (χ1n) is 10.1. The van der Waals surface area contributed by atoms with Gasteiger partial charge in [-0.25, -0.2) is 4.98 Å². The molecule has 3 aromatic rings. The molecule has 1 aliphatic rings. The van der Waals surface area contributed by atoms with Crippen LogP contribution in [-0.4, -0.2) is 66.2 Å². The normalized spacial score (nSPS) is 15.1. The van der Waals surface area contributed by atoms with Crippen LogP contribution < -0.4 is 5.73 Å². The van der Waals surface area contributed by atoms with Crippen molar-refractivity contribution in [1.82, 2.24) is 30.0 Å². The predicted molar refractivity (Wildman–Crippen MR) is 114 cm³/mol. The minimum atomic E-state index is -4.20. The van der Waals surface area contributed by atoms with E-state index in [2.05, 4.69) is 25.1 Å². The smallest absolute Gasteiger partial charge is 0.368 e. The number of alkyl halides is 3. The van der Waals surface area contributed by atoms with Crippen molar-refractivity contribution in [3.05, 3.63) is 47.6 Å². The molecule has 1 amide bonds. The van der Waals surface area contributed by atoms with Crippen LogP contribution in [0.15, 0.2) is 34.9 Å². The van der Waals surface area contributed by atoms with Gasteiger partial charge in [0.2, 0.25) is 17.6 Å². The van der Waals surface area contributed by atoms with Crippen LogP contribution in [0.5, 0.6) is 0 Å². The number of likely N-dealkylation sites (tertiary alicyclic amines) is 1. The number of hydrogen-bond donors (Lipinski definition) is 1. The molecule has 1 aromatic carbocycles. The summed E-state index contributed by atoms with van der Waals surface area (Å²) >= 11 is 0.870. The predicted octanol–water partition coefficient (Wildman–Crippen LogP) is 2.99. The van der Waals surface area contributed by atoms with Gasteiger partial charge in [0.15, 0.2) is 0 Å². The number of nitrogen functional groups attached to an aromatic ring is 1. The Kier molecular flexibility index (Phi) is 6.77. The summed E-state index contributed by atoms with van der Waals surface area (Å²) in [6, 6.07) is 9.55. The molecule has 0 saturated carbocycles. The van der Waals surface area contributed by atoms with Crippen molar-refractivity contribution >= 4 is 23.6 Å². The lowest BCUT2D eigenvalue weighted by Crippen LogP contribution is -2.39. The first-order chi connectivity index (χ1) is 15.8. The topological polar surface area (TPSA) is 124 Å². The van der Waals surface area contributed by atoms with Gasteiger partial charge >= 0.3 is 18.0 Å². The molecule has 4 rings (SSSR count). The van der Waals surface area contributed by atoms with Gasteiger partial charge in [-0.15, -0.1) is 11.8 Å². The molecule has 2 aromatic heterocycles. The summed E-state index contributed by atoms with van der Waals surface area (Å²) in [6.07, 6.45) is -2.86. The van der Waals surface area contributed by atoms with E-state index in [0.29, 0.717) is 38.2 Å². The number of carbonyl (C=O) groups is 1. The number of nitrogens with two attached hydrogens (primary N) is 1. The van der Waals surface area contributed by atoms with Gasteiger partial charge in [0.25, 0.3) is 0 Å². The zero-order valence-electron chi connectivity index (χ0n) is 17.3. The monoisotopic (exact) mass is 479 g/mol. The molecule has 3 heterocycles. The quantitative estimate of drug-likeness (QED) is 0.568. The number of hydrogen-bond acceptors (Lipinski definition) is 9. The third-order valence-electron chi connectivity index (χ3n) is 4.92. The average molecular weight is 479 g/mol. The molecule has 174 valence electrons. The van der Waals surface area contributed by atoms with E-state index in [1.165, 1.54) is 4.90 Å². The van der Waals surface area contributed by atoms with Crippen molar-refractivity contribution in [2.45, 2.75) is 30.7 Å². The Hall–Kier alpha value is -3.22. The fourth-order valence-electron chi connectivity index (χ4n) is 3.37. The van der Waals surface area contributed by atoms with Gasteiger partial charge in [-0.05, 0) is 18.4 Å². The van der Waals surface area contributed by atoms with Crippen molar-refractivity contribution in [2.24, 2.45) is 0 Å². The van der Waals surface area contributed by atoms with E-state index in [9.17, 15) is 18.0 Å². The van der Waals surface area contributed by atoms with Crippen LogP contribution in [0, 0.1) is 0 Å². The van der Waals surface area contributed by atoms with E-state index >= 15 is 0 Å². The fraction of sp³-hybridized carbons (Fsp3) is 0.400. The molecule has 0 bridgehead atoms. The van der Waals surface area contributed by atoms with Crippen molar-refractivity contribution in [3.8, 4) is 11.6 Å². The summed E-state index contributed by atoms with van der Waals surface area (Å²) in [5.74, 6) is -1.13. The number of halogens is 3. The number of amides is 1. The second-order valence-electron chi connectivity index (χ2n) is 7.44. The van der Waals surface area contributed by atoms with Crippen LogP contribution in [-0.2, 0) is 6.42 Å². The summed E-state index contributed by atoms with van der Waals surface area (Å²) in [7, 11) is 0. The highest BCUT2D eigenvalue weighted by atomic mass is 32.2. The third kappa shape index (κ3) is 6.18. The van der Waals surface area contributed by atoms with Gasteiger partial charge in [0, 0.05) is 24.8 Å². The molecule has 2 N–H and O–H groups in total. The van der Waals surface area contributed by atoms with Crippen LogP contribution in [0.4, 0.5) is 19.1 Å². The Balaban J connectivity index is 1.40. The highest BCUT2D eigenvalue weighted by Crippen LogP contribution is 2.30. The molecule has 0 aliphatic carbocycles. The van der Waals surface area contributed by atoms with Gasteiger partial charge in [-0.2, -0.15) is 28.1 Å². The molecule has 1 fully saturated rings. The first-order valence-corrected chi connectivity index (χ1v) is 11.2. The van der Waals surface area contributed by atoms with E-state index < -0.39 is 17.8 Å². The molecular weight excluding hydrogens is 459 g/mol. The summed E-state index contributed by atoms with van der Waals surface area (Å²) in [5, 5.41) is 3.64. The molecule has 33 heavy (non-hydrogen) atoms. The molecule has 0 atom stereocenters. The number of thioether (sulfide) groups is 1. The first kappa shape index (κ1) is 23.0. The molecule has 0 radical (unpaired) electrons. The van der Waals surface area contributed by atoms with Crippen LogP contribution >= 0.6 is 11.8 Å². The second-order valence-corrected chi connectivity index (χ2v) is 8.73. The van der Waals surface area contributed by atoms with Crippen LogP contribution in [0.2, 0.25) is 0 Å². The lowest BCUT2D eigenvalue weighted by Gasteiger charge is -2.30. The molecule has 0 spiro atoms. The van der Waals surface area contributed by atoms with E-state index in [1.54, 1.807) is 0 Å². The van der Waals surface area contributed by atoms with Gasteiger partial charge in [0.1, 0.15) is 5.82 Å². The van der Waals surface area contributed by atoms with E-state index in [4.69, 9.17) is 10.3 Å². The van der Waals surface area contributed by atoms with Crippen molar-refractivity contribution < 1.29 is 22.5 Å². The summed E-state index contributed by atoms with van der Waals surface area (Å²) in [4.78, 5) is 30.8. The molecule has 13 heteroatoms. The third-order valence-corrected chi connectivity index (χ3v) is 6.36. The Morgan fingerprint density at radius 1 is 1.09 bits per heavy atom. The lowest BCUT2D eigenvalue weighted by atomic mass is 10.1. The van der Waals surface area contributed by atoms with E-state index in [0.717, 1.165) is 17.3 Å². The Morgan fingerprint density at radius 3 is 2.52 bits per heavy atom. The number of piperidine rings is 1. The fourth-order valence-corrected chi connectivity index (χ4v) is 4.34. The highest BCUT2D eigenvalue weighted by molar-refractivity contribution is 7.99. The molecule has 1 saturated heterocycles. The highest BCUT2D eigenvalue weighted by Gasteiger charge is 2.32. The van der Waals surface area contributed by atoms with Gasteiger partial charge < -0.3 is 15.2 Å². The van der Waals surface area contributed by atoms with E-state index in [-0.39, 0.29) is 28.7 Å². The maximum atomic E-state index is 12.7. The standard InChI is InChI=1S/C20H20F3N7O2S/c21-20(22,23)11-33-13-6-8-30(9-7-13)18(31)17-27-16(29-32-17)15-25-14(26-19(24)28-15)10-12-4-2-1-3-5-12/h1-5,13H,6-11H2,(H2,24,25,26,28). The largest absolute Gasteiger partial charge is 0.397 e. The Bertz CT molecular complexity index is 1100. The van der Waals surface area contributed by atoms with Gasteiger partial charge in [-0.1, -0.05) is 35.5 Å². The maximum Gasteiger partial charge on any atom is 0.397 e. The minimum absolute atomic E-state index is 0.00243. The maximum absolute atomic E-state index is 12.7. The van der Waals surface area contributed by atoms with E-state index in [1.807, 2.05) is 30.3 Å². The molecule has 0 unspecified atom stereocenters. The average Bonchev–Trinajstić information content (AvgIpc) is 3.28. The van der Waals surface area contributed by atoms with Crippen molar-refractivity contribution in [1.29, 1.82) is 0 Å². The minimum Gasteiger partial charge on any atom is -0.368 e. The number of anilines is 1. The zero-order valence-corrected chi connectivity index (χ0v) is 18.1. The van der Waals surface area contributed by atoms with Crippen molar-refractivity contribution in [3.63, 3.8) is 0 Å². The number of carbonyl (C=O) groups excluding carboxylic acids is 1. The molecule has 9 nitrogen and oxygen atoms in total. The van der Waals surface area contributed by atoms with Crippen LogP contribution in [0.3, 0.4) is 0 Å². The van der Waals surface area contributed by atoms with Crippen molar-refractivity contribution in [2.75, 3.05) is 24.6 Å². The van der Waals surface area contributed by atoms with Gasteiger partial charge in [-0.3, -0.25) is 4.79 Å². The molecular formula is C20H20F3N7O2S. The number of rotatable bonds is 6. The second kappa shape index (κ2) is 9.73. The number of benzene rings is 1. The zero-order chi connectivity index (χ0) is 23.4. The summed E-state index contributed by atoms with van der Waals surface area (Å²) < 4.78 is 42.3. The van der Waals surface area contributed by atoms with Crippen LogP contribution in [0.25, 0.3) is 11.6 Å². The number of nitrogens with zero attached hydrogens (tertiary/aromatic N) is 6. The number of aromatic nitrogens is 5. The Morgan fingerprint density at radius 2 is 1.82 bits per heavy atom. The van der Waals surface area contributed by atoms with Crippen LogP contribution in [0.1, 0.15) is 34.9 Å². The van der Waals surface area contributed by atoms with Gasteiger partial charge in [0.05, 0.1) is 5.75 Å². The Labute approximate surface area is 191 Å². The lowest BCUT2D eigenvalue weighted by molar-refractivity contribution is -0.105. The molecule has 1 aliphatic heterocycles. The summed E-state index contributed by atoms with van der Waals surface area (Å²) in [5.41, 5.74) is 6.78. The SMILES string of the molecule is Nc1nc(Cc2ccccc2)nc(-c2noc(C(=O)N3CCC(SCC(F)(F)F)CC3)n2)n1. The summed E-state index contributed by atoms with van der Waals surface area (Å²) in [6.45, 7) is 0.623.